The van der Waals surface area contributed by atoms with Gasteiger partial charge in [-0.3, -0.25) is 4.79 Å². The van der Waals surface area contributed by atoms with Gasteiger partial charge in [0.15, 0.2) is 0 Å². The van der Waals surface area contributed by atoms with Crippen LogP contribution in [0.1, 0.15) is 12.0 Å². The second-order valence-corrected chi connectivity index (χ2v) is 7.93. The highest BCUT2D eigenvalue weighted by Gasteiger charge is 2.35. The van der Waals surface area contributed by atoms with Crippen molar-refractivity contribution in [2.24, 2.45) is 0 Å². The predicted molar refractivity (Wildman–Crippen MR) is 95.2 cm³/mol. The van der Waals surface area contributed by atoms with E-state index in [0.717, 1.165) is 9.87 Å². The molecule has 1 aliphatic rings. The molecule has 0 unspecified atom stereocenters. The molecule has 2 N–H and O–H groups in total. The topological polar surface area (TPSA) is 95.9 Å². The van der Waals surface area contributed by atoms with Gasteiger partial charge in [0.2, 0.25) is 0 Å². The van der Waals surface area contributed by atoms with E-state index in [0.29, 0.717) is 23.6 Å². The molecule has 3 rings (SSSR count). The molecule has 1 heterocycles. The number of hydrogen-bond acceptors (Lipinski definition) is 5. The fourth-order valence-corrected chi connectivity index (χ4v) is 4.06. The third kappa shape index (κ3) is 4.65. The number of anilines is 1. The predicted octanol–water partition coefficient (Wildman–Crippen LogP) is 2.24. The molecule has 0 atom stereocenters. The maximum atomic E-state index is 12.0. The number of amides is 1. The molecule has 11 heteroatoms. The van der Waals surface area contributed by atoms with Crippen LogP contribution < -0.4 is 9.03 Å². The molecule has 28 heavy (non-hydrogen) atoms. The van der Waals surface area contributed by atoms with Crippen LogP contribution in [0.15, 0.2) is 30.3 Å². The highest BCUT2D eigenvalue weighted by molar-refractivity contribution is 7.92. The minimum atomic E-state index is -4.35. The van der Waals surface area contributed by atoms with Crippen LogP contribution in [0.3, 0.4) is 0 Å². The summed E-state index contributed by atoms with van der Waals surface area (Å²) in [6.07, 6.45) is -3.51. The van der Waals surface area contributed by atoms with Gasteiger partial charge < -0.3 is 9.84 Å². The summed E-state index contributed by atoms with van der Waals surface area (Å²) in [5.74, 6) is -0.993. The minimum absolute atomic E-state index is 0.0310. The Bertz CT molecular complexity index is 1010. The zero-order valence-electron chi connectivity index (χ0n) is 14.5. The molecular formula is C17H17F3N2O5S. The van der Waals surface area contributed by atoms with Gasteiger partial charge in [0.1, 0.15) is 18.9 Å². The summed E-state index contributed by atoms with van der Waals surface area (Å²) >= 11 is 0. The van der Waals surface area contributed by atoms with Gasteiger partial charge in [0.05, 0.1) is 5.69 Å². The van der Waals surface area contributed by atoms with Crippen molar-refractivity contribution in [1.82, 2.24) is 4.72 Å². The molecule has 0 bridgehead atoms. The SMILES string of the molecule is O=C1CN(c2cc3cc(CCCOCC(F)(F)F)ccc3cc2O)S(=O)(=O)N1. The molecule has 0 spiro atoms. The lowest BCUT2D eigenvalue weighted by Crippen LogP contribution is -2.29. The number of aromatic hydroxyl groups is 1. The zero-order chi connectivity index (χ0) is 20.5. The van der Waals surface area contributed by atoms with E-state index in [1.165, 1.54) is 12.1 Å². The normalized spacial score (nSPS) is 16.5. The average molecular weight is 418 g/mol. The van der Waals surface area contributed by atoms with Crippen molar-refractivity contribution in [2.45, 2.75) is 19.0 Å². The van der Waals surface area contributed by atoms with Crippen LogP contribution in [0.5, 0.6) is 5.75 Å². The molecule has 0 saturated carbocycles. The van der Waals surface area contributed by atoms with Crippen molar-refractivity contribution in [3.05, 3.63) is 35.9 Å². The van der Waals surface area contributed by atoms with Crippen LogP contribution in [0.2, 0.25) is 0 Å². The summed E-state index contributed by atoms with van der Waals surface area (Å²) in [5, 5.41) is 11.4. The molecule has 152 valence electrons. The van der Waals surface area contributed by atoms with Gasteiger partial charge in [-0.05, 0) is 41.3 Å². The second kappa shape index (κ2) is 7.47. The van der Waals surface area contributed by atoms with E-state index < -0.39 is 35.4 Å². The Hall–Kier alpha value is -2.53. The van der Waals surface area contributed by atoms with Crippen LogP contribution >= 0.6 is 0 Å². The molecule has 2 aromatic carbocycles. The molecule has 1 fully saturated rings. The Labute approximate surface area is 158 Å². The zero-order valence-corrected chi connectivity index (χ0v) is 15.3. The number of carbonyl (C=O) groups is 1. The molecule has 0 aliphatic carbocycles. The summed E-state index contributed by atoms with van der Waals surface area (Å²) in [5.41, 5.74) is 0.787. The van der Waals surface area contributed by atoms with Gasteiger partial charge >= 0.3 is 16.4 Å². The summed E-state index contributed by atoms with van der Waals surface area (Å²) < 4.78 is 67.3. The number of fused-ring (bicyclic) bond motifs is 1. The van der Waals surface area contributed by atoms with Gasteiger partial charge in [-0.25, -0.2) is 9.03 Å². The molecule has 0 aromatic heterocycles. The lowest BCUT2D eigenvalue weighted by Gasteiger charge is -2.17. The third-order valence-electron chi connectivity index (χ3n) is 4.11. The third-order valence-corrected chi connectivity index (χ3v) is 5.50. The molecular weight excluding hydrogens is 401 g/mol. The number of phenols is 1. The number of phenolic OH excluding ortho intramolecular Hbond substituents is 1. The first-order valence-electron chi connectivity index (χ1n) is 8.29. The first-order valence-corrected chi connectivity index (χ1v) is 9.73. The number of nitrogens with zero attached hydrogens (tertiary/aromatic N) is 1. The highest BCUT2D eigenvalue weighted by atomic mass is 32.2. The molecule has 7 nitrogen and oxygen atoms in total. The van der Waals surface area contributed by atoms with E-state index in [4.69, 9.17) is 0 Å². The van der Waals surface area contributed by atoms with Crippen LogP contribution in [-0.4, -0.2) is 45.4 Å². The maximum Gasteiger partial charge on any atom is 0.411 e. The Kier molecular flexibility index (Phi) is 5.39. The van der Waals surface area contributed by atoms with Crippen molar-refractivity contribution in [2.75, 3.05) is 24.1 Å². The number of aryl methyl sites for hydroxylation is 1. The van der Waals surface area contributed by atoms with E-state index in [2.05, 4.69) is 4.74 Å². The number of ether oxygens (including phenoxy) is 1. The molecule has 2 aromatic rings. The lowest BCUT2D eigenvalue weighted by molar-refractivity contribution is -0.174. The van der Waals surface area contributed by atoms with Gasteiger partial charge in [0, 0.05) is 6.61 Å². The fourth-order valence-electron chi connectivity index (χ4n) is 2.91. The Balaban J connectivity index is 1.76. The monoisotopic (exact) mass is 418 g/mol. The Morgan fingerprint density at radius 2 is 1.93 bits per heavy atom. The number of halogens is 3. The second-order valence-electron chi connectivity index (χ2n) is 6.33. The number of nitrogens with one attached hydrogen (secondary N) is 1. The van der Waals surface area contributed by atoms with Gasteiger partial charge in [0.25, 0.3) is 5.91 Å². The smallest absolute Gasteiger partial charge is 0.411 e. The first kappa shape index (κ1) is 20.2. The highest BCUT2D eigenvalue weighted by Crippen LogP contribution is 2.35. The van der Waals surface area contributed by atoms with E-state index in [1.807, 2.05) is 4.72 Å². The van der Waals surface area contributed by atoms with E-state index in [1.54, 1.807) is 18.2 Å². The van der Waals surface area contributed by atoms with E-state index in [-0.39, 0.29) is 18.0 Å². The van der Waals surface area contributed by atoms with E-state index >= 15 is 0 Å². The molecule has 1 aliphatic heterocycles. The maximum absolute atomic E-state index is 12.0. The first-order chi connectivity index (χ1) is 13.0. The summed E-state index contributed by atoms with van der Waals surface area (Å²) in [6, 6.07) is 8.07. The van der Waals surface area contributed by atoms with Crippen molar-refractivity contribution >= 4 is 32.6 Å². The number of carbonyl (C=O) groups excluding carboxylic acids is 1. The number of benzene rings is 2. The fraction of sp³-hybridized carbons (Fsp3) is 0.353. The Morgan fingerprint density at radius 3 is 2.57 bits per heavy atom. The average Bonchev–Trinajstić information content (AvgIpc) is 2.85. The molecule has 0 radical (unpaired) electrons. The number of alkyl halides is 3. The van der Waals surface area contributed by atoms with Crippen LogP contribution in [0, 0.1) is 0 Å². The van der Waals surface area contributed by atoms with E-state index in [9.17, 15) is 31.5 Å². The summed E-state index contributed by atoms with van der Waals surface area (Å²) in [7, 11) is -4.06. The summed E-state index contributed by atoms with van der Waals surface area (Å²) in [6.45, 7) is -1.76. The number of hydrogen-bond donors (Lipinski definition) is 2. The minimum Gasteiger partial charge on any atom is -0.506 e. The Morgan fingerprint density at radius 1 is 1.18 bits per heavy atom. The van der Waals surface area contributed by atoms with Crippen molar-refractivity contribution in [3.63, 3.8) is 0 Å². The van der Waals surface area contributed by atoms with Gasteiger partial charge in [-0.15, -0.1) is 0 Å². The van der Waals surface area contributed by atoms with Gasteiger partial charge in [-0.1, -0.05) is 18.2 Å². The van der Waals surface area contributed by atoms with Crippen LogP contribution in [0.4, 0.5) is 18.9 Å². The largest absolute Gasteiger partial charge is 0.506 e. The van der Waals surface area contributed by atoms with Crippen molar-refractivity contribution < 1.29 is 36.2 Å². The van der Waals surface area contributed by atoms with Crippen molar-refractivity contribution in [3.8, 4) is 5.75 Å². The lowest BCUT2D eigenvalue weighted by atomic mass is 10.0. The summed E-state index contributed by atoms with van der Waals surface area (Å²) in [4.78, 5) is 11.4. The van der Waals surface area contributed by atoms with Crippen LogP contribution in [-0.2, 0) is 26.2 Å². The number of rotatable bonds is 6. The van der Waals surface area contributed by atoms with Crippen LogP contribution in [0.25, 0.3) is 10.8 Å². The molecule has 1 saturated heterocycles. The standard InChI is InChI=1S/C17H17F3N2O5S/c18-17(19,20)10-27-5-1-2-11-3-4-12-8-15(23)14(7-13(12)6-11)22-9-16(24)21-28(22,25)26/h3-4,6-8,23H,1-2,5,9-10H2,(H,21,24). The van der Waals surface area contributed by atoms with Crippen molar-refractivity contribution in [1.29, 1.82) is 0 Å². The molecule has 1 amide bonds. The van der Waals surface area contributed by atoms with Gasteiger partial charge in [-0.2, -0.15) is 21.6 Å². The quantitative estimate of drug-likeness (QED) is 0.702.